The number of rotatable bonds is 4. The quantitative estimate of drug-likeness (QED) is 0.506. The molecule has 0 bridgehead atoms. The Balaban J connectivity index is 1.35. The molecule has 3 aromatic heterocycles. The van der Waals surface area contributed by atoms with Gasteiger partial charge in [0.05, 0.1) is 12.7 Å². The highest BCUT2D eigenvalue weighted by Gasteiger charge is 2.31. The summed E-state index contributed by atoms with van der Waals surface area (Å²) in [5, 5.41) is 4.12. The fourth-order valence-corrected chi connectivity index (χ4v) is 4.01. The van der Waals surface area contributed by atoms with Gasteiger partial charge in [0, 0.05) is 24.4 Å². The number of hydrogen-bond acceptors (Lipinski definition) is 6. The van der Waals surface area contributed by atoms with Crippen LogP contribution in [0, 0.1) is 13.8 Å². The van der Waals surface area contributed by atoms with Gasteiger partial charge < -0.3 is 13.8 Å². The van der Waals surface area contributed by atoms with Gasteiger partial charge in [-0.2, -0.15) is 4.98 Å². The van der Waals surface area contributed by atoms with Gasteiger partial charge in [0.25, 0.3) is 11.1 Å². The van der Waals surface area contributed by atoms with E-state index in [1.165, 1.54) is 20.6 Å². The lowest BCUT2D eigenvalue weighted by Crippen LogP contribution is -2.27. The summed E-state index contributed by atoms with van der Waals surface area (Å²) in [7, 11) is 0. The highest BCUT2D eigenvalue weighted by atomic mass is 16.5. The van der Waals surface area contributed by atoms with Crippen molar-refractivity contribution in [3.63, 3.8) is 0 Å². The van der Waals surface area contributed by atoms with Crippen LogP contribution in [0.5, 0.6) is 0 Å². The van der Waals surface area contributed by atoms with Crippen molar-refractivity contribution in [2.75, 3.05) is 6.61 Å². The minimum Gasteiger partial charge on any atom is -0.373 e. The minimum atomic E-state index is -0.277. The van der Waals surface area contributed by atoms with E-state index in [1.807, 2.05) is 0 Å². The fraction of sp³-hybridized carbons (Fsp3) is 0.304. The van der Waals surface area contributed by atoms with E-state index < -0.39 is 0 Å². The molecule has 8 heteroatoms. The van der Waals surface area contributed by atoms with Crippen molar-refractivity contribution in [2.24, 2.45) is 0 Å². The van der Waals surface area contributed by atoms with Crippen molar-refractivity contribution in [3.05, 3.63) is 97.9 Å². The molecule has 4 heterocycles. The molecule has 0 saturated carbocycles. The van der Waals surface area contributed by atoms with Crippen LogP contribution in [0.3, 0.4) is 0 Å². The molecule has 0 spiro atoms. The molecule has 8 nitrogen and oxygen atoms in total. The molecular weight excluding hydrogens is 396 g/mol. The van der Waals surface area contributed by atoms with Gasteiger partial charge in [-0.05, 0) is 31.4 Å². The van der Waals surface area contributed by atoms with Crippen LogP contribution in [0.1, 0.15) is 46.8 Å². The maximum atomic E-state index is 12.9. The fourth-order valence-electron chi connectivity index (χ4n) is 4.01. The zero-order chi connectivity index (χ0) is 21.5. The predicted molar refractivity (Wildman–Crippen MR) is 113 cm³/mol. The molecule has 0 aliphatic carbocycles. The van der Waals surface area contributed by atoms with Gasteiger partial charge in [-0.25, -0.2) is 0 Å². The van der Waals surface area contributed by atoms with Crippen LogP contribution >= 0.6 is 0 Å². The van der Waals surface area contributed by atoms with Gasteiger partial charge >= 0.3 is 0 Å². The van der Waals surface area contributed by atoms with Gasteiger partial charge in [0.1, 0.15) is 12.1 Å². The Morgan fingerprint density at radius 2 is 1.87 bits per heavy atom. The summed E-state index contributed by atoms with van der Waals surface area (Å²) in [5.41, 5.74) is 2.92. The topological polar surface area (TPSA) is 91.6 Å². The summed E-state index contributed by atoms with van der Waals surface area (Å²) in [6, 6.07) is 11.4. The molecule has 2 atom stereocenters. The Kier molecular flexibility index (Phi) is 4.78. The summed E-state index contributed by atoms with van der Waals surface area (Å²) in [6.07, 6.45) is 3.93. The zero-order valence-electron chi connectivity index (χ0n) is 17.3. The van der Waals surface area contributed by atoms with Crippen molar-refractivity contribution in [3.8, 4) is 0 Å². The number of hydrogen-bond donors (Lipinski definition) is 0. The first-order valence-corrected chi connectivity index (χ1v) is 10.2. The van der Waals surface area contributed by atoms with E-state index in [2.05, 4.69) is 41.3 Å². The van der Waals surface area contributed by atoms with Crippen LogP contribution in [0.15, 0.2) is 62.9 Å². The lowest BCUT2D eigenvalue weighted by molar-refractivity contribution is 0.110. The van der Waals surface area contributed by atoms with Crippen LogP contribution in [0.2, 0.25) is 0 Å². The number of aromatic nitrogens is 4. The Bertz CT molecular complexity index is 1370. The smallest absolute Gasteiger partial charge is 0.275 e. The molecule has 1 aromatic carbocycles. The maximum Gasteiger partial charge on any atom is 0.275 e. The SMILES string of the molecule is Cc1ccc([C@H]2C[C@H](c3noc(Cn4ccn5c(=O)ccc(C)c5c4=O)n3)CO2)cc1. The first-order valence-electron chi connectivity index (χ1n) is 10.2. The van der Waals surface area contributed by atoms with E-state index >= 15 is 0 Å². The molecule has 158 valence electrons. The van der Waals surface area contributed by atoms with Crippen LogP contribution in [-0.4, -0.2) is 25.7 Å². The average Bonchev–Trinajstić information content (AvgIpc) is 3.43. The van der Waals surface area contributed by atoms with Crippen molar-refractivity contribution >= 4 is 5.52 Å². The molecule has 0 amide bonds. The minimum absolute atomic E-state index is 0.0111. The number of nitrogens with zero attached hydrogens (tertiary/aromatic N) is 4. The normalized spacial score (nSPS) is 18.6. The number of aryl methyl sites for hydroxylation is 2. The second-order valence-electron chi connectivity index (χ2n) is 8.02. The lowest BCUT2D eigenvalue weighted by atomic mass is 9.99. The molecule has 0 radical (unpaired) electrons. The molecule has 1 aliphatic rings. The summed E-state index contributed by atoms with van der Waals surface area (Å²) in [4.78, 5) is 29.4. The number of fused-ring (bicyclic) bond motifs is 1. The van der Waals surface area contributed by atoms with E-state index in [-0.39, 0.29) is 29.7 Å². The van der Waals surface area contributed by atoms with Gasteiger partial charge in [-0.15, -0.1) is 0 Å². The Hall–Kier alpha value is -3.52. The molecule has 0 N–H and O–H groups in total. The van der Waals surface area contributed by atoms with Crippen LogP contribution < -0.4 is 11.1 Å². The largest absolute Gasteiger partial charge is 0.373 e. The Morgan fingerprint density at radius 3 is 2.68 bits per heavy atom. The molecular formula is C23H22N4O4. The van der Waals surface area contributed by atoms with Gasteiger partial charge in [0.15, 0.2) is 5.82 Å². The molecule has 4 aromatic rings. The van der Waals surface area contributed by atoms with Gasteiger partial charge in [0.2, 0.25) is 5.89 Å². The summed E-state index contributed by atoms with van der Waals surface area (Å²) >= 11 is 0. The molecule has 0 unspecified atom stereocenters. The second-order valence-corrected chi connectivity index (χ2v) is 8.02. The third kappa shape index (κ3) is 3.59. The number of benzene rings is 1. The van der Waals surface area contributed by atoms with Crippen molar-refractivity contribution in [1.29, 1.82) is 0 Å². The Morgan fingerprint density at radius 1 is 1.06 bits per heavy atom. The molecule has 5 rings (SSSR count). The van der Waals surface area contributed by atoms with E-state index in [4.69, 9.17) is 9.26 Å². The standard InChI is InChI=1S/C23H22N4O4/c1-14-3-6-16(7-4-14)18-11-17(13-30-18)22-24-19(31-25-22)12-26-9-10-27-20(28)8-5-15(2)21(27)23(26)29/h3-10,17-18H,11-13H2,1-2H3/t17-,18+/m0/s1. The first kappa shape index (κ1) is 19.4. The highest BCUT2D eigenvalue weighted by molar-refractivity contribution is 5.51. The number of pyridine rings is 1. The van der Waals surface area contributed by atoms with E-state index in [0.29, 0.717) is 23.8 Å². The van der Waals surface area contributed by atoms with Crippen LogP contribution in [0.25, 0.3) is 5.52 Å². The van der Waals surface area contributed by atoms with Crippen molar-refractivity contribution in [1.82, 2.24) is 19.1 Å². The summed E-state index contributed by atoms with van der Waals surface area (Å²) in [5.74, 6) is 0.972. The zero-order valence-corrected chi connectivity index (χ0v) is 17.3. The summed E-state index contributed by atoms with van der Waals surface area (Å²) in [6.45, 7) is 4.52. The highest BCUT2D eigenvalue weighted by Crippen LogP contribution is 2.37. The Labute approximate surface area is 177 Å². The maximum absolute atomic E-state index is 12.9. The van der Waals surface area contributed by atoms with E-state index in [0.717, 1.165) is 17.5 Å². The third-order valence-electron chi connectivity index (χ3n) is 5.79. The molecule has 1 saturated heterocycles. The summed E-state index contributed by atoms with van der Waals surface area (Å²) < 4.78 is 14.2. The molecule has 1 fully saturated rings. The van der Waals surface area contributed by atoms with Gasteiger partial charge in [-0.1, -0.05) is 41.1 Å². The van der Waals surface area contributed by atoms with Crippen LogP contribution in [-0.2, 0) is 11.3 Å². The lowest BCUT2D eigenvalue weighted by Gasteiger charge is -2.09. The van der Waals surface area contributed by atoms with Crippen molar-refractivity contribution < 1.29 is 9.26 Å². The predicted octanol–water partition coefficient (Wildman–Crippen LogP) is 2.75. The van der Waals surface area contributed by atoms with Crippen molar-refractivity contribution in [2.45, 2.75) is 38.8 Å². The second kappa shape index (κ2) is 7.63. The van der Waals surface area contributed by atoms with E-state index in [9.17, 15) is 9.59 Å². The first-order chi connectivity index (χ1) is 15.0. The van der Waals surface area contributed by atoms with Crippen LogP contribution in [0.4, 0.5) is 0 Å². The molecule has 31 heavy (non-hydrogen) atoms. The average molecular weight is 418 g/mol. The van der Waals surface area contributed by atoms with E-state index in [1.54, 1.807) is 25.4 Å². The molecule has 1 aliphatic heterocycles. The third-order valence-corrected chi connectivity index (χ3v) is 5.79. The number of ether oxygens (including phenoxy) is 1. The monoisotopic (exact) mass is 418 g/mol. The van der Waals surface area contributed by atoms with Gasteiger partial charge in [-0.3, -0.25) is 14.0 Å².